The lowest BCUT2D eigenvalue weighted by atomic mass is 9.95. The molecule has 5 rings (SSSR count). The van der Waals surface area contributed by atoms with E-state index in [9.17, 15) is 29.1 Å². The standard InChI is InChI=1S/C25H23N5O6S/c1-25(2)19(24(35)36)30-22(34)18(23(30)37-25)29-21(33)16(12-7-4-3-5-8-12)28-20(32)14-11-15(31)17-13(27-14)9-6-10-26-17/h3-11,16,18-19,23H,1-2H3,(H,27,31)(H,28,32)(H,29,33)(H,35,36). The number of carbonyl (C=O) groups excluding carboxylic acids is 3. The molecule has 2 aromatic heterocycles. The van der Waals surface area contributed by atoms with E-state index in [0.717, 1.165) is 6.07 Å². The van der Waals surface area contributed by atoms with Crippen molar-refractivity contribution < 1.29 is 24.3 Å². The maximum atomic E-state index is 13.4. The van der Waals surface area contributed by atoms with Crippen LogP contribution in [0.25, 0.3) is 11.0 Å². The summed E-state index contributed by atoms with van der Waals surface area (Å²) in [5.74, 6) is -2.93. The fraction of sp³-hybridized carbons (Fsp3) is 0.280. The summed E-state index contributed by atoms with van der Waals surface area (Å²) in [5, 5.41) is 14.4. The Balaban J connectivity index is 1.39. The molecule has 1 aromatic carbocycles. The summed E-state index contributed by atoms with van der Waals surface area (Å²) in [5.41, 5.74) is 0.511. The average molecular weight is 522 g/mol. The van der Waals surface area contributed by atoms with Crippen molar-refractivity contribution in [1.82, 2.24) is 25.5 Å². The van der Waals surface area contributed by atoms with Gasteiger partial charge in [0.05, 0.1) is 5.52 Å². The Labute approximate surface area is 214 Å². The number of rotatable bonds is 6. The Hall–Kier alpha value is -4.19. The molecule has 0 saturated carbocycles. The van der Waals surface area contributed by atoms with Crippen LogP contribution in [0.2, 0.25) is 0 Å². The van der Waals surface area contributed by atoms with Crippen LogP contribution in [0, 0.1) is 0 Å². The largest absolute Gasteiger partial charge is 0.480 e. The van der Waals surface area contributed by atoms with Crippen molar-refractivity contribution in [2.24, 2.45) is 0 Å². The molecule has 0 bridgehead atoms. The van der Waals surface area contributed by atoms with Crippen LogP contribution in [0.5, 0.6) is 0 Å². The lowest BCUT2D eigenvalue weighted by molar-refractivity contribution is -0.161. The second-order valence-corrected chi connectivity index (χ2v) is 11.1. The van der Waals surface area contributed by atoms with Crippen LogP contribution in [0.3, 0.4) is 0 Å². The topological polar surface area (TPSA) is 162 Å². The number of hydrogen-bond acceptors (Lipinski definition) is 7. The Morgan fingerprint density at radius 2 is 1.86 bits per heavy atom. The van der Waals surface area contributed by atoms with E-state index in [2.05, 4.69) is 20.6 Å². The van der Waals surface area contributed by atoms with Gasteiger partial charge in [0.15, 0.2) is 0 Å². The van der Waals surface area contributed by atoms with Gasteiger partial charge in [-0.1, -0.05) is 30.3 Å². The molecule has 4 N–H and O–H groups in total. The van der Waals surface area contributed by atoms with Crippen molar-refractivity contribution in [2.45, 2.75) is 42.1 Å². The Bertz CT molecular complexity index is 1490. The second kappa shape index (κ2) is 9.04. The van der Waals surface area contributed by atoms with Gasteiger partial charge < -0.3 is 25.6 Å². The van der Waals surface area contributed by atoms with Gasteiger partial charge >= 0.3 is 5.97 Å². The molecule has 4 atom stereocenters. The van der Waals surface area contributed by atoms with Gasteiger partial charge in [0.25, 0.3) is 5.91 Å². The van der Waals surface area contributed by atoms with Crippen LogP contribution in [-0.2, 0) is 14.4 Å². The number of aromatic amines is 1. The highest BCUT2D eigenvalue weighted by Gasteiger charge is 2.64. The minimum Gasteiger partial charge on any atom is -0.480 e. The minimum atomic E-state index is -1.18. The molecular weight excluding hydrogens is 498 g/mol. The third-order valence-electron chi connectivity index (χ3n) is 6.47. The minimum absolute atomic E-state index is 0.0532. The van der Waals surface area contributed by atoms with Crippen LogP contribution < -0.4 is 16.1 Å². The van der Waals surface area contributed by atoms with Crippen molar-refractivity contribution in [1.29, 1.82) is 0 Å². The molecule has 0 spiro atoms. The zero-order valence-electron chi connectivity index (χ0n) is 19.8. The fourth-order valence-corrected chi connectivity index (χ4v) is 6.37. The third-order valence-corrected chi connectivity index (χ3v) is 8.05. The summed E-state index contributed by atoms with van der Waals surface area (Å²) in [6, 6.07) is 9.69. The van der Waals surface area contributed by atoms with E-state index in [1.54, 1.807) is 56.3 Å². The molecular formula is C25H23N5O6S. The number of nitrogens with one attached hydrogen (secondary N) is 3. The number of aromatic nitrogens is 2. The molecule has 2 saturated heterocycles. The lowest BCUT2D eigenvalue weighted by Crippen LogP contribution is -2.71. The number of carboxylic acid groups (broad SMARTS) is 1. The highest BCUT2D eigenvalue weighted by Crippen LogP contribution is 2.50. The Morgan fingerprint density at radius 1 is 1.14 bits per heavy atom. The first-order valence-electron chi connectivity index (χ1n) is 11.5. The molecule has 2 fully saturated rings. The molecule has 190 valence electrons. The van der Waals surface area contributed by atoms with Gasteiger partial charge in [-0.15, -0.1) is 11.8 Å². The molecule has 12 heteroatoms. The molecule has 4 heterocycles. The average Bonchev–Trinajstić information content (AvgIpc) is 3.13. The number of pyridine rings is 2. The first kappa shape index (κ1) is 24.5. The van der Waals surface area contributed by atoms with Crippen molar-refractivity contribution in [2.75, 3.05) is 0 Å². The summed E-state index contributed by atoms with van der Waals surface area (Å²) in [6.07, 6.45) is 1.47. The van der Waals surface area contributed by atoms with Crippen LogP contribution in [0.15, 0.2) is 59.5 Å². The molecule has 3 aromatic rings. The van der Waals surface area contributed by atoms with E-state index in [0.29, 0.717) is 11.1 Å². The van der Waals surface area contributed by atoms with E-state index in [-0.39, 0.29) is 11.2 Å². The zero-order chi connectivity index (χ0) is 26.5. The van der Waals surface area contributed by atoms with Gasteiger partial charge in [-0.3, -0.25) is 24.2 Å². The van der Waals surface area contributed by atoms with Crippen molar-refractivity contribution in [3.05, 3.63) is 76.2 Å². The van der Waals surface area contributed by atoms with E-state index >= 15 is 0 Å². The van der Waals surface area contributed by atoms with E-state index in [4.69, 9.17) is 0 Å². The van der Waals surface area contributed by atoms with Gasteiger partial charge in [0.2, 0.25) is 17.2 Å². The lowest BCUT2D eigenvalue weighted by Gasteiger charge is -2.44. The number of H-pyrrole nitrogens is 1. The van der Waals surface area contributed by atoms with Crippen molar-refractivity contribution in [3.8, 4) is 0 Å². The van der Waals surface area contributed by atoms with Crippen molar-refractivity contribution >= 4 is 46.5 Å². The van der Waals surface area contributed by atoms with Crippen LogP contribution in [-0.4, -0.2) is 65.9 Å². The molecule has 37 heavy (non-hydrogen) atoms. The first-order chi connectivity index (χ1) is 17.6. The summed E-state index contributed by atoms with van der Waals surface area (Å²) in [6.45, 7) is 3.49. The normalized spacial score (nSPS) is 22.6. The monoisotopic (exact) mass is 521 g/mol. The zero-order valence-corrected chi connectivity index (χ0v) is 20.6. The Kier molecular flexibility index (Phi) is 5.98. The highest BCUT2D eigenvalue weighted by atomic mass is 32.2. The number of β-lactam (4-membered cyclic amide) rings is 1. The highest BCUT2D eigenvalue weighted by molar-refractivity contribution is 8.01. The number of amides is 3. The first-order valence-corrected chi connectivity index (χ1v) is 12.3. The Morgan fingerprint density at radius 3 is 2.57 bits per heavy atom. The smallest absolute Gasteiger partial charge is 0.327 e. The molecule has 2 aliphatic rings. The second-order valence-electron chi connectivity index (χ2n) is 9.35. The van der Waals surface area contributed by atoms with Crippen LogP contribution >= 0.6 is 11.8 Å². The predicted octanol–water partition coefficient (Wildman–Crippen LogP) is 1.03. The van der Waals surface area contributed by atoms with E-state index in [1.807, 2.05) is 0 Å². The van der Waals surface area contributed by atoms with E-state index < -0.39 is 57.4 Å². The molecule has 0 radical (unpaired) electrons. The molecule has 0 aliphatic carbocycles. The van der Waals surface area contributed by atoms with Gasteiger partial charge in [-0.2, -0.15) is 0 Å². The number of aliphatic carboxylic acids is 1. The quantitative estimate of drug-likeness (QED) is 0.350. The molecule has 3 amide bonds. The van der Waals surface area contributed by atoms with E-state index in [1.165, 1.54) is 22.9 Å². The summed E-state index contributed by atoms with van der Waals surface area (Å²) in [4.78, 5) is 71.7. The molecule has 11 nitrogen and oxygen atoms in total. The summed E-state index contributed by atoms with van der Waals surface area (Å²) < 4.78 is -0.741. The number of fused-ring (bicyclic) bond motifs is 2. The number of benzene rings is 1. The van der Waals surface area contributed by atoms with Crippen LogP contribution in [0.1, 0.15) is 35.9 Å². The SMILES string of the molecule is CC1(C)SC2C(NC(=O)C(NC(=O)c3cc(=O)c4ncccc4[nH]3)c3ccccc3)C(=O)N2C1C(=O)O. The maximum Gasteiger partial charge on any atom is 0.327 e. The van der Waals surface area contributed by atoms with Gasteiger partial charge in [0, 0.05) is 17.0 Å². The van der Waals surface area contributed by atoms with Crippen LogP contribution in [0.4, 0.5) is 0 Å². The summed E-state index contributed by atoms with van der Waals surface area (Å²) >= 11 is 1.31. The van der Waals surface area contributed by atoms with Crippen molar-refractivity contribution in [3.63, 3.8) is 0 Å². The fourth-order valence-electron chi connectivity index (χ4n) is 4.74. The number of hydrogen-bond donors (Lipinski definition) is 4. The predicted molar refractivity (Wildman–Crippen MR) is 135 cm³/mol. The van der Waals surface area contributed by atoms with Gasteiger partial charge in [-0.25, -0.2) is 4.79 Å². The molecule has 4 unspecified atom stereocenters. The number of carbonyl (C=O) groups is 4. The van der Waals surface area contributed by atoms with Gasteiger partial charge in [0.1, 0.15) is 34.7 Å². The maximum absolute atomic E-state index is 13.4. The number of thioether (sulfide) groups is 1. The molecule has 2 aliphatic heterocycles. The third kappa shape index (κ3) is 4.22. The number of carboxylic acids is 1. The summed E-state index contributed by atoms with van der Waals surface area (Å²) in [7, 11) is 0. The van der Waals surface area contributed by atoms with Gasteiger partial charge in [-0.05, 0) is 31.5 Å². The number of nitrogens with zero attached hydrogens (tertiary/aromatic N) is 2.